The monoisotopic (exact) mass is 299 g/mol. The number of hydrogen-bond acceptors (Lipinski definition) is 5. The van der Waals surface area contributed by atoms with Gasteiger partial charge in [0.1, 0.15) is 0 Å². The normalized spacial score (nSPS) is 11.4. The molecule has 0 aliphatic heterocycles. The van der Waals surface area contributed by atoms with Crippen LogP contribution in [-0.2, 0) is 14.6 Å². The van der Waals surface area contributed by atoms with Gasteiger partial charge in [-0.05, 0) is 32.0 Å². The number of carbonyl (C=O) groups is 1. The Morgan fingerprint density at radius 2 is 2.00 bits per heavy atom. The highest BCUT2D eigenvalue weighted by atomic mass is 32.2. The summed E-state index contributed by atoms with van der Waals surface area (Å²) in [5.74, 6) is -0.117. The van der Waals surface area contributed by atoms with Gasteiger partial charge in [0.05, 0.1) is 22.8 Å². The SMILES string of the molecule is CC(C)NC(=O)CN(C)c1ccc(S(C)(=O)=O)cc1N. The van der Waals surface area contributed by atoms with Crippen molar-refractivity contribution in [2.24, 2.45) is 0 Å². The van der Waals surface area contributed by atoms with Gasteiger partial charge < -0.3 is 16.0 Å². The van der Waals surface area contributed by atoms with Crippen molar-refractivity contribution in [3.63, 3.8) is 0 Å². The molecule has 1 amide bonds. The maximum absolute atomic E-state index is 11.7. The maximum atomic E-state index is 11.7. The summed E-state index contributed by atoms with van der Waals surface area (Å²) < 4.78 is 22.9. The van der Waals surface area contributed by atoms with Gasteiger partial charge in [-0.15, -0.1) is 0 Å². The van der Waals surface area contributed by atoms with E-state index in [-0.39, 0.29) is 23.4 Å². The van der Waals surface area contributed by atoms with Crippen molar-refractivity contribution in [3.05, 3.63) is 18.2 Å². The summed E-state index contributed by atoms with van der Waals surface area (Å²) in [7, 11) is -1.56. The lowest BCUT2D eigenvalue weighted by Crippen LogP contribution is -2.38. The van der Waals surface area contributed by atoms with Crippen LogP contribution < -0.4 is 16.0 Å². The van der Waals surface area contributed by atoms with Gasteiger partial charge in [0.15, 0.2) is 9.84 Å². The molecule has 0 saturated heterocycles. The zero-order valence-electron chi connectivity index (χ0n) is 12.2. The molecule has 112 valence electrons. The summed E-state index contributed by atoms with van der Waals surface area (Å²) in [6.45, 7) is 3.92. The van der Waals surface area contributed by atoms with E-state index in [1.54, 1.807) is 18.0 Å². The van der Waals surface area contributed by atoms with Crippen molar-refractivity contribution in [1.29, 1.82) is 0 Å². The fraction of sp³-hybridized carbons (Fsp3) is 0.462. The van der Waals surface area contributed by atoms with E-state index < -0.39 is 9.84 Å². The molecular formula is C13H21N3O3S. The molecule has 0 saturated carbocycles. The number of amides is 1. The number of likely N-dealkylation sites (N-methyl/N-ethyl adjacent to an activating group) is 1. The van der Waals surface area contributed by atoms with Crippen molar-refractivity contribution in [1.82, 2.24) is 5.32 Å². The van der Waals surface area contributed by atoms with Crippen LogP contribution in [0, 0.1) is 0 Å². The molecular weight excluding hydrogens is 278 g/mol. The second-order valence-electron chi connectivity index (χ2n) is 5.07. The van der Waals surface area contributed by atoms with Crippen molar-refractivity contribution in [3.8, 4) is 0 Å². The second kappa shape index (κ2) is 6.13. The van der Waals surface area contributed by atoms with Crippen LogP contribution in [-0.4, -0.2) is 40.2 Å². The van der Waals surface area contributed by atoms with Crippen LogP contribution in [0.2, 0.25) is 0 Å². The minimum atomic E-state index is -3.28. The molecule has 0 aromatic heterocycles. The summed E-state index contributed by atoms with van der Waals surface area (Å²) >= 11 is 0. The Kier molecular flexibility index (Phi) is 4.99. The van der Waals surface area contributed by atoms with Gasteiger partial charge in [0, 0.05) is 19.3 Å². The molecule has 7 heteroatoms. The van der Waals surface area contributed by atoms with Crippen LogP contribution >= 0.6 is 0 Å². The molecule has 6 nitrogen and oxygen atoms in total. The fourth-order valence-corrected chi connectivity index (χ4v) is 2.44. The first-order chi connectivity index (χ1) is 9.11. The number of nitrogen functional groups attached to an aromatic ring is 1. The van der Waals surface area contributed by atoms with Crippen LogP contribution in [0.4, 0.5) is 11.4 Å². The summed E-state index contributed by atoms with van der Waals surface area (Å²) in [6, 6.07) is 4.56. The van der Waals surface area contributed by atoms with E-state index in [0.717, 1.165) is 6.26 Å². The number of nitrogens with two attached hydrogens (primary N) is 1. The molecule has 0 aliphatic carbocycles. The first kappa shape index (κ1) is 16.3. The maximum Gasteiger partial charge on any atom is 0.239 e. The Morgan fingerprint density at radius 1 is 1.40 bits per heavy atom. The molecule has 0 atom stereocenters. The third-order valence-corrected chi connectivity index (χ3v) is 3.78. The Labute approximate surface area is 119 Å². The second-order valence-corrected chi connectivity index (χ2v) is 7.09. The molecule has 1 aromatic rings. The molecule has 0 spiro atoms. The van der Waals surface area contributed by atoms with E-state index in [1.165, 1.54) is 12.1 Å². The topological polar surface area (TPSA) is 92.5 Å². The predicted octanol–water partition coefficient (Wildman–Crippen LogP) is 0.633. The number of hydrogen-bond donors (Lipinski definition) is 2. The van der Waals surface area contributed by atoms with Crippen LogP contribution in [0.1, 0.15) is 13.8 Å². The molecule has 1 aromatic carbocycles. The van der Waals surface area contributed by atoms with Crippen molar-refractivity contribution < 1.29 is 13.2 Å². The highest BCUT2D eigenvalue weighted by Gasteiger charge is 2.14. The summed E-state index contributed by atoms with van der Waals surface area (Å²) in [5, 5.41) is 2.78. The third kappa shape index (κ3) is 4.41. The first-order valence-electron chi connectivity index (χ1n) is 6.21. The minimum Gasteiger partial charge on any atom is -0.397 e. The molecule has 0 aliphatic rings. The highest BCUT2D eigenvalue weighted by Crippen LogP contribution is 2.25. The average Bonchev–Trinajstić information content (AvgIpc) is 2.25. The molecule has 0 radical (unpaired) electrons. The minimum absolute atomic E-state index is 0.0702. The number of benzene rings is 1. The van der Waals surface area contributed by atoms with Gasteiger partial charge >= 0.3 is 0 Å². The van der Waals surface area contributed by atoms with Gasteiger partial charge in [0.25, 0.3) is 0 Å². The Balaban J connectivity index is 2.90. The van der Waals surface area contributed by atoms with Crippen LogP contribution in [0.15, 0.2) is 23.1 Å². The van der Waals surface area contributed by atoms with E-state index in [0.29, 0.717) is 11.4 Å². The Morgan fingerprint density at radius 3 is 2.45 bits per heavy atom. The van der Waals surface area contributed by atoms with Gasteiger partial charge in [-0.1, -0.05) is 0 Å². The summed E-state index contributed by atoms with van der Waals surface area (Å²) in [6.07, 6.45) is 1.13. The Bertz CT molecular complexity index is 597. The number of nitrogens with one attached hydrogen (secondary N) is 1. The van der Waals surface area contributed by atoms with Crippen molar-refractivity contribution in [2.75, 3.05) is 30.5 Å². The van der Waals surface area contributed by atoms with E-state index in [2.05, 4.69) is 5.32 Å². The van der Waals surface area contributed by atoms with Crippen LogP contribution in [0.3, 0.4) is 0 Å². The summed E-state index contributed by atoms with van der Waals surface area (Å²) in [5.41, 5.74) is 6.81. The van der Waals surface area contributed by atoms with Gasteiger partial charge in [0.2, 0.25) is 5.91 Å². The van der Waals surface area contributed by atoms with E-state index >= 15 is 0 Å². The molecule has 0 heterocycles. The lowest BCUT2D eigenvalue weighted by atomic mass is 10.2. The molecule has 20 heavy (non-hydrogen) atoms. The molecule has 1 rings (SSSR count). The first-order valence-corrected chi connectivity index (χ1v) is 8.10. The largest absolute Gasteiger partial charge is 0.397 e. The number of sulfone groups is 1. The van der Waals surface area contributed by atoms with Gasteiger partial charge in [-0.25, -0.2) is 8.42 Å². The van der Waals surface area contributed by atoms with E-state index in [4.69, 9.17) is 5.73 Å². The van der Waals surface area contributed by atoms with E-state index in [1.807, 2.05) is 13.8 Å². The molecule has 0 fully saturated rings. The van der Waals surface area contributed by atoms with Crippen molar-refractivity contribution >= 4 is 27.1 Å². The number of nitrogens with zero attached hydrogens (tertiary/aromatic N) is 1. The zero-order valence-corrected chi connectivity index (χ0v) is 13.0. The molecule has 0 bridgehead atoms. The standard InChI is InChI=1S/C13H21N3O3S/c1-9(2)15-13(17)8-16(3)12-6-5-10(7-11(12)14)20(4,18)19/h5-7,9H,8,14H2,1-4H3,(H,15,17). The van der Waals surface area contributed by atoms with Gasteiger partial charge in [-0.2, -0.15) is 0 Å². The zero-order chi connectivity index (χ0) is 15.5. The Hall–Kier alpha value is -1.76. The van der Waals surface area contributed by atoms with E-state index in [9.17, 15) is 13.2 Å². The quantitative estimate of drug-likeness (QED) is 0.778. The van der Waals surface area contributed by atoms with Crippen molar-refractivity contribution in [2.45, 2.75) is 24.8 Å². The smallest absolute Gasteiger partial charge is 0.239 e. The lowest BCUT2D eigenvalue weighted by molar-refractivity contribution is -0.120. The molecule has 3 N–H and O–H groups in total. The van der Waals surface area contributed by atoms with Gasteiger partial charge in [-0.3, -0.25) is 4.79 Å². The number of rotatable bonds is 5. The lowest BCUT2D eigenvalue weighted by Gasteiger charge is -2.21. The van der Waals surface area contributed by atoms with Crippen LogP contribution in [0.25, 0.3) is 0 Å². The summed E-state index contributed by atoms with van der Waals surface area (Å²) in [4.78, 5) is 13.5. The number of carbonyl (C=O) groups excluding carboxylic acids is 1. The van der Waals surface area contributed by atoms with Crippen LogP contribution in [0.5, 0.6) is 0 Å². The highest BCUT2D eigenvalue weighted by molar-refractivity contribution is 7.90. The predicted molar refractivity (Wildman–Crippen MR) is 80.5 cm³/mol. The number of anilines is 2. The third-order valence-electron chi connectivity index (χ3n) is 2.67. The fourth-order valence-electron chi connectivity index (χ4n) is 1.78. The molecule has 0 unspecified atom stereocenters. The average molecular weight is 299 g/mol.